The summed E-state index contributed by atoms with van der Waals surface area (Å²) >= 11 is 0. The molecule has 0 aromatic carbocycles. The summed E-state index contributed by atoms with van der Waals surface area (Å²) in [7, 11) is 0. The molecule has 1 saturated carbocycles. The molecule has 0 spiro atoms. The number of hydrogen-bond donors (Lipinski definition) is 1. The Morgan fingerprint density at radius 3 is 1.34 bits per heavy atom. The summed E-state index contributed by atoms with van der Waals surface area (Å²) < 4.78 is 0. The van der Waals surface area contributed by atoms with Gasteiger partial charge in [0.1, 0.15) is 0 Å². The molecule has 1 aliphatic carbocycles. The van der Waals surface area contributed by atoms with E-state index in [0.29, 0.717) is 0 Å². The summed E-state index contributed by atoms with van der Waals surface area (Å²) in [5.74, 6) is 3.66. The van der Waals surface area contributed by atoms with Crippen molar-refractivity contribution in [1.29, 1.82) is 0 Å². The van der Waals surface area contributed by atoms with Gasteiger partial charge < -0.3 is 5.73 Å². The van der Waals surface area contributed by atoms with Crippen molar-refractivity contribution in [3.63, 3.8) is 0 Å². The first-order chi connectivity index (χ1) is 14.3. The van der Waals surface area contributed by atoms with Gasteiger partial charge in [0.05, 0.1) is 0 Å². The maximum Gasteiger partial charge on any atom is -0.00435 e. The van der Waals surface area contributed by atoms with Crippen molar-refractivity contribution >= 4 is 0 Å². The van der Waals surface area contributed by atoms with Crippen molar-refractivity contribution in [2.75, 3.05) is 6.54 Å². The highest BCUT2D eigenvalue weighted by Gasteiger charge is 2.37. The summed E-state index contributed by atoms with van der Waals surface area (Å²) in [5.41, 5.74) is 6.44. The van der Waals surface area contributed by atoms with E-state index in [9.17, 15) is 0 Å². The van der Waals surface area contributed by atoms with Crippen molar-refractivity contribution in [1.82, 2.24) is 0 Å². The molecule has 0 amide bonds. The van der Waals surface area contributed by atoms with Gasteiger partial charge >= 0.3 is 0 Å². The predicted octanol–water partition coefficient (Wildman–Crippen LogP) is 9.29. The monoisotopic (exact) mass is 407 g/mol. The number of nitrogens with two attached hydrogens (primary N) is 1. The average Bonchev–Trinajstić information content (AvgIpc) is 2.74. The van der Waals surface area contributed by atoms with Crippen LogP contribution >= 0.6 is 0 Å². The minimum Gasteiger partial charge on any atom is -0.330 e. The highest BCUT2D eigenvalue weighted by molar-refractivity contribution is 4.88. The zero-order valence-electron chi connectivity index (χ0n) is 20.7. The normalized spacial score (nSPS) is 24.8. The molecule has 1 heteroatoms. The Labute approximate surface area is 185 Å². The van der Waals surface area contributed by atoms with Crippen molar-refractivity contribution in [2.45, 2.75) is 149 Å². The number of unbranched alkanes of at least 4 members (excludes halogenated alkanes) is 12. The highest BCUT2D eigenvalue weighted by atomic mass is 14.6. The lowest BCUT2D eigenvalue weighted by molar-refractivity contribution is 0.0714. The van der Waals surface area contributed by atoms with Gasteiger partial charge in [-0.3, -0.25) is 0 Å². The Morgan fingerprint density at radius 1 is 0.483 bits per heavy atom. The molecule has 0 aliphatic heterocycles. The molecule has 0 radical (unpaired) electrons. The fourth-order valence-corrected chi connectivity index (χ4v) is 6.09. The Morgan fingerprint density at radius 2 is 0.862 bits per heavy atom. The first-order valence-electron chi connectivity index (χ1n) is 14.0. The van der Waals surface area contributed by atoms with Gasteiger partial charge in [0, 0.05) is 0 Å². The number of hydrogen-bond acceptors (Lipinski definition) is 1. The second-order valence-corrected chi connectivity index (χ2v) is 10.3. The fourth-order valence-electron chi connectivity index (χ4n) is 6.09. The van der Waals surface area contributed by atoms with E-state index in [1.54, 1.807) is 0 Å². The summed E-state index contributed by atoms with van der Waals surface area (Å²) in [4.78, 5) is 0. The summed E-state index contributed by atoms with van der Waals surface area (Å²) in [6, 6.07) is 0. The van der Waals surface area contributed by atoms with Crippen molar-refractivity contribution in [3.05, 3.63) is 0 Å². The van der Waals surface area contributed by atoms with Crippen LogP contribution in [0.15, 0.2) is 0 Å². The molecule has 0 bridgehead atoms. The Balaban J connectivity index is 2.48. The molecular formula is C28H57N. The van der Waals surface area contributed by atoms with Gasteiger partial charge in [-0.2, -0.15) is 0 Å². The van der Waals surface area contributed by atoms with Crippen LogP contribution in [-0.2, 0) is 0 Å². The minimum atomic E-state index is 0.821. The van der Waals surface area contributed by atoms with Crippen LogP contribution < -0.4 is 5.73 Å². The van der Waals surface area contributed by atoms with Crippen LogP contribution in [0.5, 0.6) is 0 Å². The van der Waals surface area contributed by atoms with Gasteiger partial charge in [0.2, 0.25) is 0 Å². The molecule has 1 fully saturated rings. The Kier molecular flexibility index (Phi) is 17.4. The molecule has 29 heavy (non-hydrogen) atoms. The van der Waals surface area contributed by atoms with Gasteiger partial charge in [-0.05, 0) is 49.5 Å². The van der Waals surface area contributed by atoms with E-state index in [0.717, 1.165) is 30.2 Å². The van der Waals surface area contributed by atoms with Crippen LogP contribution in [0.3, 0.4) is 0 Å². The SMILES string of the molecule is CCCCCCCCCC1CCC(CCCCCC)C(CCCCCC)C1CN. The van der Waals surface area contributed by atoms with E-state index in [1.165, 1.54) is 128 Å². The lowest BCUT2D eigenvalue weighted by Gasteiger charge is -2.44. The summed E-state index contributed by atoms with van der Waals surface area (Å²) in [6.45, 7) is 7.92. The molecule has 1 aliphatic rings. The van der Waals surface area contributed by atoms with Crippen molar-refractivity contribution in [2.24, 2.45) is 29.4 Å². The van der Waals surface area contributed by atoms with Gasteiger partial charge in [0.15, 0.2) is 0 Å². The quantitative estimate of drug-likeness (QED) is 0.212. The van der Waals surface area contributed by atoms with Crippen LogP contribution in [0.4, 0.5) is 0 Å². The summed E-state index contributed by atoms with van der Waals surface area (Å²) in [5, 5.41) is 0. The van der Waals surface area contributed by atoms with Crippen LogP contribution in [0, 0.1) is 23.7 Å². The van der Waals surface area contributed by atoms with E-state index >= 15 is 0 Å². The third kappa shape index (κ3) is 11.8. The second-order valence-electron chi connectivity index (χ2n) is 10.3. The fraction of sp³-hybridized carbons (Fsp3) is 1.00. The molecule has 174 valence electrons. The van der Waals surface area contributed by atoms with Gasteiger partial charge in [0.25, 0.3) is 0 Å². The smallest absolute Gasteiger partial charge is 0.00435 e. The topological polar surface area (TPSA) is 26.0 Å². The van der Waals surface area contributed by atoms with Gasteiger partial charge in [-0.1, -0.05) is 130 Å². The lowest BCUT2D eigenvalue weighted by atomic mass is 9.62. The van der Waals surface area contributed by atoms with E-state index in [4.69, 9.17) is 5.73 Å². The van der Waals surface area contributed by atoms with Crippen molar-refractivity contribution < 1.29 is 0 Å². The third-order valence-electron chi connectivity index (χ3n) is 7.94. The molecule has 1 nitrogen and oxygen atoms in total. The van der Waals surface area contributed by atoms with Crippen LogP contribution in [0.1, 0.15) is 149 Å². The maximum absolute atomic E-state index is 6.44. The molecule has 4 unspecified atom stereocenters. The van der Waals surface area contributed by atoms with E-state index in [2.05, 4.69) is 20.8 Å². The zero-order chi connectivity index (χ0) is 21.2. The first kappa shape index (κ1) is 27.0. The molecule has 0 heterocycles. The van der Waals surface area contributed by atoms with Crippen LogP contribution in [0.2, 0.25) is 0 Å². The van der Waals surface area contributed by atoms with Crippen LogP contribution in [-0.4, -0.2) is 6.54 Å². The van der Waals surface area contributed by atoms with Gasteiger partial charge in [-0.25, -0.2) is 0 Å². The Bertz CT molecular complexity index is 337. The highest BCUT2D eigenvalue weighted by Crippen LogP contribution is 2.45. The molecule has 4 atom stereocenters. The molecule has 0 aromatic rings. The standard InChI is InChI=1S/C28H57N/c1-4-7-10-13-14-15-17-20-26-23-22-25(19-16-11-8-5-2)27(28(26)24-29)21-18-12-9-6-3/h25-28H,4-24,29H2,1-3H3. The first-order valence-corrected chi connectivity index (χ1v) is 14.0. The van der Waals surface area contributed by atoms with Crippen LogP contribution in [0.25, 0.3) is 0 Å². The third-order valence-corrected chi connectivity index (χ3v) is 7.94. The molecular weight excluding hydrogens is 350 g/mol. The zero-order valence-corrected chi connectivity index (χ0v) is 20.7. The number of rotatable bonds is 19. The maximum atomic E-state index is 6.44. The van der Waals surface area contributed by atoms with Gasteiger partial charge in [-0.15, -0.1) is 0 Å². The second kappa shape index (κ2) is 18.7. The molecule has 0 aromatic heterocycles. The summed E-state index contributed by atoms with van der Waals surface area (Å²) in [6.07, 6.45) is 28.8. The Hall–Kier alpha value is -0.0400. The predicted molar refractivity (Wildman–Crippen MR) is 132 cm³/mol. The van der Waals surface area contributed by atoms with E-state index in [1.807, 2.05) is 0 Å². The van der Waals surface area contributed by atoms with E-state index in [-0.39, 0.29) is 0 Å². The minimum absolute atomic E-state index is 0.821. The molecule has 0 saturated heterocycles. The average molecular weight is 408 g/mol. The lowest BCUT2D eigenvalue weighted by Crippen LogP contribution is -2.39. The van der Waals surface area contributed by atoms with Crippen molar-refractivity contribution in [3.8, 4) is 0 Å². The largest absolute Gasteiger partial charge is 0.330 e. The van der Waals surface area contributed by atoms with E-state index < -0.39 is 0 Å². The molecule has 2 N–H and O–H groups in total. The molecule has 1 rings (SSSR count).